The molecule has 0 aromatic rings. The van der Waals surface area contributed by atoms with Crippen molar-refractivity contribution in [1.82, 2.24) is 0 Å². The average Bonchev–Trinajstić information content (AvgIpc) is 1.69. The van der Waals surface area contributed by atoms with Crippen LogP contribution in [-0.2, 0) is 0 Å². The minimum Gasteiger partial charge on any atom is -0.290 e. The van der Waals surface area contributed by atoms with Crippen LogP contribution in [0.1, 0.15) is 0 Å². The van der Waals surface area contributed by atoms with Gasteiger partial charge in [0.15, 0.2) is 0 Å². The van der Waals surface area contributed by atoms with Crippen molar-refractivity contribution < 1.29 is 0 Å². The van der Waals surface area contributed by atoms with Crippen LogP contribution < -0.4 is 0 Å². The Hall–Kier alpha value is -0.190. The summed E-state index contributed by atoms with van der Waals surface area (Å²) in [5.74, 6) is 0. The van der Waals surface area contributed by atoms with Crippen molar-refractivity contribution in [2.75, 3.05) is 0 Å². The van der Waals surface area contributed by atoms with E-state index in [1.165, 1.54) is 0 Å². The van der Waals surface area contributed by atoms with E-state index in [9.17, 15) is 0 Å². The molecule has 0 saturated carbocycles. The van der Waals surface area contributed by atoms with Gasteiger partial charge < -0.3 is 0 Å². The van der Waals surface area contributed by atoms with Gasteiger partial charge in [0, 0.05) is 6.21 Å². The van der Waals surface area contributed by atoms with Crippen molar-refractivity contribution in [3.05, 3.63) is 10.2 Å². The Balaban J connectivity index is 3.27. The van der Waals surface area contributed by atoms with Crippen LogP contribution >= 0.6 is 22.6 Å². The summed E-state index contributed by atoms with van der Waals surface area (Å²) < 4.78 is 1.82. The smallest absolute Gasteiger partial charge is 0.106 e. The number of hydrogen-bond donors (Lipinski definition) is 1. The van der Waals surface area contributed by atoms with E-state index in [0.29, 0.717) is 0 Å². The number of aliphatic imine (C=N–C) groups is 1. The molecule has 0 aromatic heterocycles. The van der Waals surface area contributed by atoms with Gasteiger partial charge in [-0.05, 0) is 10.2 Å². The predicted molar refractivity (Wildman–Crippen MR) is 40.4 cm³/mol. The minimum atomic E-state index is 0.997. The molecule has 0 saturated heterocycles. The van der Waals surface area contributed by atoms with Crippen molar-refractivity contribution in [2.24, 2.45) is 4.99 Å². The number of rotatable bonds is 2. The Morgan fingerprint density at radius 1 is 1.57 bits per heavy atom. The van der Waals surface area contributed by atoms with Crippen LogP contribution in [0.5, 0.6) is 0 Å². The van der Waals surface area contributed by atoms with Crippen LogP contribution in [0.2, 0.25) is 0 Å². The molecule has 1 N–H and O–H groups in total. The first-order chi connectivity index (χ1) is 3.41. The van der Waals surface area contributed by atoms with Gasteiger partial charge in [-0.25, -0.2) is 4.99 Å². The molecule has 0 spiro atoms. The second-order valence-electron chi connectivity index (χ2n) is 0.746. The molecular weight excluding hydrogens is 203 g/mol. The van der Waals surface area contributed by atoms with E-state index >= 15 is 0 Å². The number of nitrogens with one attached hydrogen (secondary N) is 1. The Bertz CT molecular complexity index is 95.9. The normalized spacial score (nSPS) is 11.0. The van der Waals surface area contributed by atoms with Crippen LogP contribution in [0.25, 0.3) is 0 Å². The molecule has 0 aliphatic carbocycles. The van der Waals surface area contributed by atoms with Gasteiger partial charge in [0.2, 0.25) is 0 Å². The maximum Gasteiger partial charge on any atom is 0.106 e. The largest absolute Gasteiger partial charge is 0.290 e. The summed E-state index contributed by atoms with van der Waals surface area (Å²) in [5, 5.41) is 6.42. The summed E-state index contributed by atoms with van der Waals surface area (Å²) in [7, 11) is 0. The zero-order valence-corrected chi connectivity index (χ0v) is 5.79. The number of allylic oxidation sites excluding steroid dienone is 1. The van der Waals surface area contributed by atoms with E-state index in [2.05, 4.69) is 27.6 Å². The van der Waals surface area contributed by atoms with Crippen LogP contribution in [0.15, 0.2) is 15.2 Å². The van der Waals surface area contributed by atoms with Crippen molar-refractivity contribution >= 4 is 35.1 Å². The quantitative estimate of drug-likeness (QED) is 0.406. The average molecular weight is 208 g/mol. The molecule has 0 rings (SSSR count). The first kappa shape index (κ1) is 6.81. The summed E-state index contributed by atoms with van der Waals surface area (Å²) in [4.78, 5) is 3.49. The molecule has 0 aliphatic heterocycles. The first-order valence-corrected chi connectivity index (χ1v) is 2.94. The lowest BCUT2D eigenvalue weighted by molar-refractivity contribution is 1.52. The van der Waals surface area contributed by atoms with Gasteiger partial charge in [-0.3, -0.25) is 5.41 Å². The van der Waals surface area contributed by atoms with Gasteiger partial charge in [-0.15, -0.1) is 0 Å². The van der Waals surface area contributed by atoms with E-state index in [1.807, 2.05) is 4.08 Å². The highest BCUT2D eigenvalue weighted by molar-refractivity contribution is 14.1. The molecule has 0 fully saturated rings. The minimum absolute atomic E-state index is 0.997. The molecule has 0 amide bonds. The van der Waals surface area contributed by atoms with Crippen LogP contribution in [0, 0.1) is 5.41 Å². The summed E-state index contributed by atoms with van der Waals surface area (Å²) in [5.41, 5.74) is 0. The van der Waals surface area contributed by atoms with Crippen molar-refractivity contribution in [1.29, 1.82) is 5.41 Å². The third kappa shape index (κ3) is 5.81. The van der Waals surface area contributed by atoms with Gasteiger partial charge in [-0.1, -0.05) is 22.6 Å². The second-order valence-corrected chi connectivity index (χ2v) is 1.46. The molecule has 0 aromatic carbocycles. The fourth-order valence-corrected chi connectivity index (χ4v) is 0.311. The maximum atomic E-state index is 6.42. The van der Waals surface area contributed by atoms with Crippen LogP contribution in [0.4, 0.5) is 0 Å². The van der Waals surface area contributed by atoms with Gasteiger partial charge in [0.05, 0.1) is 0 Å². The number of hydrogen-bond acceptors (Lipinski definition) is 1. The zero-order valence-electron chi connectivity index (χ0n) is 3.63. The monoisotopic (exact) mass is 208 g/mol. The van der Waals surface area contributed by atoms with E-state index in [-0.39, 0.29) is 0 Å². The highest BCUT2D eigenvalue weighted by Gasteiger charge is 1.54. The first-order valence-electron chi connectivity index (χ1n) is 1.69. The molecule has 0 aliphatic rings. The maximum absolute atomic E-state index is 6.42. The molecule has 38 valence electrons. The molecule has 0 radical (unpaired) electrons. The van der Waals surface area contributed by atoms with Gasteiger partial charge in [-0.2, -0.15) is 0 Å². The molecule has 0 atom stereocenters. The van der Waals surface area contributed by atoms with Crippen LogP contribution in [-0.4, -0.2) is 12.6 Å². The van der Waals surface area contributed by atoms with Gasteiger partial charge in [0.25, 0.3) is 0 Å². The summed E-state index contributed by atoms with van der Waals surface area (Å²) in [6.07, 6.45) is 4.31. The van der Waals surface area contributed by atoms with Crippen molar-refractivity contribution in [3.63, 3.8) is 0 Å². The Morgan fingerprint density at radius 2 is 2.29 bits per heavy atom. The molecule has 2 nitrogen and oxygen atoms in total. The Labute approximate surface area is 56.0 Å². The van der Waals surface area contributed by atoms with E-state index < -0.39 is 0 Å². The van der Waals surface area contributed by atoms with Crippen LogP contribution in [0.3, 0.4) is 0 Å². The van der Waals surface area contributed by atoms with E-state index in [0.717, 1.165) is 6.34 Å². The standard InChI is InChI=1S/C4H5IN2/c5-2-1-3-7-4-6/h1-4,6H/b2-1-,6-4?,7-3-. The fraction of sp³-hybridized carbons (Fsp3) is 0. The Kier molecular flexibility index (Phi) is 5.65. The number of halogens is 1. The lowest BCUT2D eigenvalue weighted by Gasteiger charge is -1.64. The SMILES string of the molecule is N=C/N=C\C=C/I. The third-order valence-electron chi connectivity index (χ3n) is 0.319. The molecule has 0 heterocycles. The van der Waals surface area contributed by atoms with E-state index in [1.54, 1.807) is 12.3 Å². The van der Waals surface area contributed by atoms with E-state index in [4.69, 9.17) is 5.41 Å². The van der Waals surface area contributed by atoms with Crippen molar-refractivity contribution in [3.8, 4) is 0 Å². The van der Waals surface area contributed by atoms with Crippen molar-refractivity contribution in [2.45, 2.75) is 0 Å². The third-order valence-corrected chi connectivity index (χ3v) is 0.735. The molecule has 0 bridgehead atoms. The lowest BCUT2D eigenvalue weighted by Crippen LogP contribution is -1.61. The molecule has 7 heavy (non-hydrogen) atoms. The Morgan fingerprint density at radius 3 is 2.71 bits per heavy atom. The molecular formula is C4H5IN2. The summed E-state index contributed by atoms with van der Waals surface area (Å²) in [6.45, 7) is 0. The highest BCUT2D eigenvalue weighted by Crippen LogP contribution is 1.78. The fourth-order valence-electron chi connectivity index (χ4n) is 0.125. The zero-order chi connectivity index (χ0) is 5.54. The van der Waals surface area contributed by atoms with Gasteiger partial charge >= 0.3 is 0 Å². The second kappa shape index (κ2) is 5.81. The molecule has 0 unspecified atom stereocenters. The lowest BCUT2D eigenvalue weighted by atomic mass is 10.7. The summed E-state index contributed by atoms with van der Waals surface area (Å²) in [6, 6.07) is 0. The highest BCUT2D eigenvalue weighted by atomic mass is 127. The molecule has 3 heteroatoms. The summed E-state index contributed by atoms with van der Waals surface area (Å²) >= 11 is 2.08. The topological polar surface area (TPSA) is 36.2 Å². The predicted octanol–water partition coefficient (Wildman–Crippen LogP) is 1.61. The number of nitrogens with zero attached hydrogens (tertiary/aromatic N) is 1. The van der Waals surface area contributed by atoms with Gasteiger partial charge in [0.1, 0.15) is 6.34 Å².